The Balaban J connectivity index is 2.39. The van der Waals surface area contributed by atoms with Gasteiger partial charge in [-0.2, -0.15) is 0 Å². The molecular formula is C16H8Br2O. The van der Waals surface area contributed by atoms with Crippen molar-refractivity contribution in [2.45, 2.75) is 0 Å². The summed E-state index contributed by atoms with van der Waals surface area (Å²) in [7, 11) is 0. The number of fused-ring (bicyclic) bond motifs is 4. The van der Waals surface area contributed by atoms with Gasteiger partial charge in [0.15, 0.2) is 5.58 Å². The number of rotatable bonds is 0. The number of hydrogen-bond donors (Lipinski definition) is 0. The van der Waals surface area contributed by atoms with E-state index in [1.807, 2.05) is 30.3 Å². The standard InChI is InChI=1S/C16H8Br2O/c17-14-9-5-1-2-6-10(9)15(18)16-13(14)11-7-3-4-8-12(11)19-16/h1-8H. The van der Waals surface area contributed by atoms with E-state index in [4.69, 9.17) is 4.42 Å². The molecule has 0 aliphatic rings. The predicted molar refractivity (Wildman–Crippen MR) is 86.6 cm³/mol. The van der Waals surface area contributed by atoms with Crippen LogP contribution < -0.4 is 0 Å². The minimum absolute atomic E-state index is 0.895. The van der Waals surface area contributed by atoms with Crippen molar-refractivity contribution >= 4 is 64.6 Å². The third-order valence-electron chi connectivity index (χ3n) is 3.41. The van der Waals surface area contributed by atoms with Gasteiger partial charge in [0, 0.05) is 20.6 Å². The Kier molecular flexibility index (Phi) is 2.47. The highest BCUT2D eigenvalue weighted by Crippen LogP contribution is 2.43. The lowest BCUT2D eigenvalue weighted by Gasteiger charge is -2.05. The van der Waals surface area contributed by atoms with E-state index in [2.05, 4.69) is 50.1 Å². The lowest BCUT2D eigenvalue weighted by atomic mass is 10.1. The van der Waals surface area contributed by atoms with E-state index in [0.717, 1.165) is 36.3 Å². The highest BCUT2D eigenvalue weighted by Gasteiger charge is 2.16. The SMILES string of the molecule is Brc1c2ccccc2c(Br)c2c1oc1ccccc12. The Morgan fingerprint density at radius 2 is 1.26 bits per heavy atom. The molecule has 92 valence electrons. The Hall–Kier alpha value is -1.32. The van der Waals surface area contributed by atoms with E-state index in [1.165, 1.54) is 5.39 Å². The zero-order valence-electron chi connectivity index (χ0n) is 9.78. The first-order chi connectivity index (χ1) is 9.27. The molecule has 1 aromatic heterocycles. The summed E-state index contributed by atoms with van der Waals surface area (Å²) in [5, 5.41) is 4.60. The Morgan fingerprint density at radius 1 is 0.684 bits per heavy atom. The van der Waals surface area contributed by atoms with Crippen molar-refractivity contribution in [2.75, 3.05) is 0 Å². The van der Waals surface area contributed by atoms with Gasteiger partial charge in [0.25, 0.3) is 0 Å². The monoisotopic (exact) mass is 374 g/mol. The van der Waals surface area contributed by atoms with E-state index in [9.17, 15) is 0 Å². The van der Waals surface area contributed by atoms with Crippen molar-refractivity contribution in [3.63, 3.8) is 0 Å². The minimum atomic E-state index is 0.895. The number of benzene rings is 3. The molecule has 3 aromatic carbocycles. The second-order valence-electron chi connectivity index (χ2n) is 4.48. The van der Waals surface area contributed by atoms with Gasteiger partial charge in [-0.15, -0.1) is 0 Å². The van der Waals surface area contributed by atoms with Gasteiger partial charge in [-0.3, -0.25) is 0 Å². The number of halogens is 2. The second kappa shape index (κ2) is 4.09. The lowest BCUT2D eigenvalue weighted by Crippen LogP contribution is -1.79. The van der Waals surface area contributed by atoms with E-state index in [1.54, 1.807) is 0 Å². The number of para-hydroxylation sites is 1. The van der Waals surface area contributed by atoms with Gasteiger partial charge >= 0.3 is 0 Å². The van der Waals surface area contributed by atoms with E-state index in [0.29, 0.717) is 0 Å². The summed E-state index contributed by atoms with van der Waals surface area (Å²) < 4.78 is 8.10. The molecule has 0 atom stereocenters. The van der Waals surface area contributed by atoms with Gasteiger partial charge in [0.1, 0.15) is 5.58 Å². The first kappa shape index (κ1) is 11.5. The van der Waals surface area contributed by atoms with E-state index < -0.39 is 0 Å². The first-order valence-electron chi connectivity index (χ1n) is 5.94. The molecule has 0 amide bonds. The average Bonchev–Trinajstić information content (AvgIpc) is 2.84. The van der Waals surface area contributed by atoms with Crippen LogP contribution >= 0.6 is 31.9 Å². The molecule has 3 heteroatoms. The van der Waals surface area contributed by atoms with Crippen molar-refractivity contribution < 1.29 is 4.42 Å². The molecular weight excluding hydrogens is 368 g/mol. The van der Waals surface area contributed by atoms with Gasteiger partial charge in [0.2, 0.25) is 0 Å². The molecule has 0 aliphatic heterocycles. The van der Waals surface area contributed by atoms with Crippen LogP contribution in [0.1, 0.15) is 0 Å². The number of hydrogen-bond acceptors (Lipinski definition) is 1. The van der Waals surface area contributed by atoms with Gasteiger partial charge in [-0.1, -0.05) is 42.5 Å². The van der Waals surface area contributed by atoms with Crippen molar-refractivity contribution in [2.24, 2.45) is 0 Å². The third kappa shape index (κ3) is 1.52. The summed E-state index contributed by atoms with van der Waals surface area (Å²) >= 11 is 7.42. The molecule has 0 fully saturated rings. The summed E-state index contributed by atoms with van der Waals surface area (Å²) in [6.07, 6.45) is 0. The van der Waals surface area contributed by atoms with Crippen molar-refractivity contribution in [1.82, 2.24) is 0 Å². The molecule has 0 radical (unpaired) electrons. The summed E-state index contributed by atoms with van der Waals surface area (Å²) in [6, 6.07) is 16.4. The van der Waals surface area contributed by atoms with Crippen LogP contribution in [0, 0.1) is 0 Å². The molecule has 19 heavy (non-hydrogen) atoms. The van der Waals surface area contributed by atoms with Gasteiger partial charge in [-0.05, 0) is 43.3 Å². The second-order valence-corrected chi connectivity index (χ2v) is 6.06. The highest BCUT2D eigenvalue weighted by atomic mass is 79.9. The molecule has 0 saturated carbocycles. The van der Waals surface area contributed by atoms with E-state index in [-0.39, 0.29) is 0 Å². The van der Waals surface area contributed by atoms with Crippen LogP contribution in [-0.2, 0) is 0 Å². The Bertz CT molecular complexity index is 938. The smallest absolute Gasteiger partial charge is 0.151 e. The molecule has 4 rings (SSSR count). The summed E-state index contributed by atoms with van der Waals surface area (Å²) in [5.41, 5.74) is 1.81. The summed E-state index contributed by atoms with van der Waals surface area (Å²) in [4.78, 5) is 0. The molecule has 0 aliphatic carbocycles. The Labute approximate surface area is 126 Å². The zero-order valence-corrected chi connectivity index (χ0v) is 13.0. The van der Waals surface area contributed by atoms with Crippen LogP contribution in [0.25, 0.3) is 32.7 Å². The molecule has 0 N–H and O–H groups in total. The highest BCUT2D eigenvalue weighted by molar-refractivity contribution is 9.11. The fraction of sp³-hybridized carbons (Fsp3) is 0. The van der Waals surface area contributed by atoms with Crippen LogP contribution in [0.3, 0.4) is 0 Å². The third-order valence-corrected chi connectivity index (χ3v) is 5.03. The maximum absolute atomic E-state index is 6.00. The minimum Gasteiger partial charge on any atom is -0.455 e. The molecule has 0 spiro atoms. The van der Waals surface area contributed by atoms with Crippen LogP contribution in [0.2, 0.25) is 0 Å². The molecule has 1 nitrogen and oxygen atoms in total. The molecule has 4 aromatic rings. The fourth-order valence-electron chi connectivity index (χ4n) is 2.54. The molecule has 1 heterocycles. The van der Waals surface area contributed by atoms with Crippen LogP contribution in [0.5, 0.6) is 0 Å². The van der Waals surface area contributed by atoms with E-state index >= 15 is 0 Å². The van der Waals surface area contributed by atoms with Crippen molar-refractivity contribution in [3.05, 3.63) is 57.5 Å². The van der Waals surface area contributed by atoms with Crippen molar-refractivity contribution in [3.8, 4) is 0 Å². The molecule has 0 unspecified atom stereocenters. The van der Waals surface area contributed by atoms with Gasteiger partial charge in [-0.25, -0.2) is 0 Å². The lowest BCUT2D eigenvalue weighted by molar-refractivity contribution is 0.667. The summed E-state index contributed by atoms with van der Waals surface area (Å²) in [6.45, 7) is 0. The molecule has 0 bridgehead atoms. The van der Waals surface area contributed by atoms with Gasteiger partial charge < -0.3 is 4.42 Å². The first-order valence-corrected chi connectivity index (χ1v) is 7.53. The maximum atomic E-state index is 6.00. The largest absolute Gasteiger partial charge is 0.455 e. The predicted octanol–water partition coefficient (Wildman–Crippen LogP) is 6.26. The normalized spacial score (nSPS) is 11.7. The summed E-state index contributed by atoms with van der Waals surface area (Å²) in [5.74, 6) is 0. The number of furan rings is 1. The van der Waals surface area contributed by atoms with Crippen LogP contribution in [0.15, 0.2) is 61.9 Å². The Morgan fingerprint density at radius 3 is 2.00 bits per heavy atom. The molecule has 0 saturated heterocycles. The average molecular weight is 376 g/mol. The van der Waals surface area contributed by atoms with Crippen LogP contribution in [-0.4, -0.2) is 0 Å². The topological polar surface area (TPSA) is 13.1 Å². The van der Waals surface area contributed by atoms with Crippen molar-refractivity contribution in [1.29, 1.82) is 0 Å². The fourth-order valence-corrected chi connectivity index (χ4v) is 3.91. The van der Waals surface area contributed by atoms with Gasteiger partial charge in [0.05, 0.1) is 4.47 Å². The zero-order chi connectivity index (χ0) is 13.0. The van der Waals surface area contributed by atoms with Crippen LogP contribution in [0.4, 0.5) is 0 Å². The maximum Gasteiger partial charge on any atom is 0.151 e. The quantitative estimate of drug-likeness (QED) is 0.353.